The Morgan fingerprint density at radius 3 is 2.57 bits per heavy atom. The lowest BCUT2D eigenvalue weighted by atomic mass is 10.1. The Hall–Kier alpha value is -1.61. The molecule has 0 aromatic heterocycles. The van der Waals surface area contributed by atoms with E-state index in [4.69, 9.17) is 9.47 Å². The maximum Gasteiger partial charge on any atom is 0.333 e. The Morgan fingerprint density at radius 2 is 1.90 bits per heavy atom. The standard InChI is InChI=1S/C18H26O3/c1-15(2)18(19)21-14-13-20-16(3)9-7-8-12-17-10-5-4-6-11-17/h4-6,10-11,16H,1,7-9,12-14H2,2-3H3. The van der Waals surface area contributed by atoms with Gasteiger partial charge in [0.25, 0.3) is 0 Å². The van der Waals surface area contributed by atoms with Crippen LogP contribution >= 0.6 is 0 Å². The summed E-state index contributed by atoms with van der Waals surface area (Å²) in [7, 11) is 0. The Balaban J connectivity index is 2.00. The van der Waals surface area contributed by atoms with Crippen LogP contribution in [0.2, 0.25) is 0 Å². The number of hydrogen-bond donors (Lipinski definition) is 0. The van der Waals surface area contributed by atoms with E-state index in [0.717, 1.165) is 19.3 Å². The molecule has 0 heterocycles. The molecule has 0 aliphatic heterocycles. The van der Waals surface area contributed by atoms with Gasteiger partial charge in [-0.05, 0) is 38.7 Å². The van der Waals surface area contributed by atoms with Gasteiger partial charge in [0.05, 0.1) is 12.7 Å². The molecule has 0 radical (unpaired) electrons. The minimum absolute atomic E-state index is 0.198. The van der Waals surface area contributed by atoms with Crippen LogP contribution in [-0.4, -0.2) is 25.3 Å². The van der Waals surface area contributed by atoms with Crippen LogP contribution in [0.15, 0.2) is 42.5 Å². The number of ether oxygens (including phenoxy) is 2. The van der Waals surface area contributed by atoms with Crippen LogP contribution in [0, 0.1) is 0 Å². The van der Waals surface area contributed by atoms with Crippen molar-refractivity contribution in [2.24, 2.45) is 0 Å². The van der Waals surface area contributed by atoms with Crippen LogP contribution in [0.5, 0.6) is 0 Å². The second-order valence-corrected chi connectivity index (χ2v) is 5.33. The van der Waals surface area contributed by atoms with Crippen molar-refractivity contribution in [3.63, 3.8) is 0 Å². The van der Waals surface area contributed by atoms with Crippen LogP contribution in [0.4, 0.5) is 0 Å². The highest BCUT2D eigenvalue weighted by molar-refractivity contribution is 5.86. The van der Waals surface area contributed by atoms with Crippen molar-refractivity contribution in [2.75, 3.05) is 13.2 Å². The topological polar surface area (TPSA) is 35.5 Å². The van der Waals surface area contributed by atoms with E-state index in [2.05, 4.69) is 37.8 Å². The van der Waals surface area contributed by atoms with Crippen molar-refractivity contribution in [1.82, 2.24) is 0 Å². The van der Waals surface area contributed by atoms with Gasteiger partial charge in [0, 0.05) is 5.57 Å². The van der Waals surface area contributed by atoms with E-state index in [-0.39, 0.29) is 12.1 Å². The summed E-state index contributed by atoms with van der Waals surface area (Å²) in [5.74, 6) is -0.353. The molecule has 3 nitrogen and oxygen atoms in total. The van der Waals surface area contributed by atoms with Gasteiger partial charge in [-0.25, -0.2) is 4.79 Å². The Morgan fingerprint density at radius 1 is 1.19 bits per heavy atom. The molecule has 3 heteroatoms. The van der Waals surface area contributed by atoms with Crippen molar-refractivity contribution < 1.29 is 14.3 Å². The first-order chi connectivity index (χ1) is 10.1. The van der Waals surface area contributed by atoms with E-state index < -0.39 is 0 Å². The number of esters is 1. The predicted octanol–water partition coefficient (Wildman–Crippen LogP) is 3.92. The average molecular weight is 290 g/mol. The van der Waals surface area contributed by atoms with Crippen LogP contribution in [-0.2, 0) is 20.7 Å². The smallest absolute Gasteiger partial charge is 0.333 e. The van der Waals surface area contributed by atoms with Gasteiger partial charge < -0.3 is 9.47 Å². The molecule has 0 aliphatic rings. The third kappa shape index (κ3) is 8.30. The molecule has 0 saturated carbocycles. The molecule has 0 aliphatic carbocycles. The molecule has 0 N–H and O–H groups in total. The van der Waals surface area contributed by atoms with E-state index in [9.17, 15) is 4.79 Å². The van der Waals surface area contributed by atoms with Crippen molar-refractivity contribution in [2.45, 2.75) is 45.6 Å². The first-order valence-electron chi connectivity index (χ1n) is 7.57. The van der Waals surface area contributed by atoms with Crippen LogP contribution in [0.25, 0.3) is 0 Å². The van der Waals surface area contributed by atoms with Gasteiger partial charge in [0.2, 0.25) is 0 Å². The van der Waals surface area contributed by atoms with Crippen LogP contribution < -0.4 is 0 Å². The predicted molar refractivity (Wildman–Crippen MR) is 85.2 cm³/mol. The number of hydrogen-bond acceptors (Lipinski definition) is 3. The summed E-state index contributed by atoms with van der Waals surface area (Å²) >= 11 is 0. The van der Waals surface area contributed by atoms with E-state index in [1.165, 1.54) is 12.0 Å². The molecule has 0 saturated heterocycles. The molecule has 0 fully saturated rings. The fourth-order valence-electron chi connectivity index (χ4n) is 2.00. The first-order valence-corrected chi connectivity index (χ1v) is 7.57. The summed E-state index contributed by atoms with van der Waals surface area (Å²) in [6.07, 6.45) is 4.65. The molecular formula is C18H26O3. The molecule has 1 rings (SSSR count). The SMILES string of the molecule is C=C(C)C(=O)OCCOC(C)CCCCc1ccccc1. The molecule has 1 aromatic carbocycles. The maximum absolute atomic E-state index is 11.2. The maximum atomic E-state index is 11.2. The molecule has 0 spiro atoms. The van der Waals surface area contributed by atoms with Gasteiger partial charge in [-0.1, -0.05) is 43.3 Å². The number of carbonyl (C=O) groups excluding carboxylic acids is 1. The lowest BCUT2D eigenvalue weighted by Gasteiger charge is -2.13. The summed E-state index contributed by atoms with van der Waals surface area (Å²) in [6.45, 7) is 7.96. The van der Waals surface area contributed by atoms with Gasteiger partial charge in [-0.15, -0.1) is 0 Å². The average Bonchev–Trinajstić information content (AvgIpc) is 2.49. The number of benzene rings is 1. The van der Waals surface area contributed by atoms with Gasteiger partial charge in [-0.3, -0.25) is 0 Å². The van der Waals surface area contributed by atoms with E-state index in [0.29, 0.717) is 18.8 Å². The van der Waals surface area contributed by atoms with Crippen molar-refractivity contribution >= 4 is 5.97 Å². The summed E-state index contributed by atoms with van der Waals surface area (Å²) in [5.41, 5.74) is 1.81. The largest absolute Gasteiger partial charge is 0.460 e. The number of unbranched alkanes of at least 4 members (excludes halogenated alkanes) is 1. The zero-order valence-electron chi connectivity index (χ0n) is 13.1. The zero-order valence-corrected chi connectivity index (χ0v) is 13.1. The normalized spacial score (nSPS) is 11.9. The third-order valence-electron chi connectivity index (χ3n) is 3.24. The summed E-state index contributed by atoms with van der Waals surface area (Å²) < 4.78 is 10.6. The molecule has 1 aromatic rings. The molecular weight excluding hydrogens is 264 g/mol. The monoisotopic (exact) mass is 290 g/mol. The molecule has 1 atom stereocenters. The zero-order chi connectivity index (χ0) is 15.5. The van der Waals surface area contributed by atoms with Crippen molar-refractivity contribution in [1.29, 1.82) is 0 Å². The number of carbonyl (C=O) groups is 1. The summed E-state index contributed by atoms with van der Waals surface area (Å²) in [5, 5.41) is 0. The van der Waals surface area contributed by atoms with Crippen molar-refractivity contribution in [3.8, 4) is 0 Å². The minimum Gasteiger partial charge on any atom is -0.460 e. The first kappa shape index (κ1) is 17.4. The van der Waals surface area contributed by atoms with Gasteiger partial charge in [0.15, 0.2) is 0 Å². The molecule has 21 heavy (non-hydrogen) atoms. The van der Waals surface area contributed by atoms with Crippen molar-refractivity contribution in [3.05, 3.63) is 48.0 Å². The second-order valence-electron chi connectivity index (χ2n) is 5.33. The van der Waals surface area contributed by atoms with Crippen LogP contribution in [0.3, 0.4) is 0 Å². The Labute approximate surface area is 128 Å². The Bertz CT molecular complexity index is 425. The highest BCUT2D eigenvalue weighted by atomic mass is 16.6. The van der Waals surface area contributed by atoms with Gasteiger partial charge in [-0.2, -0.15) is 0 Å². The van der Waals surface area contributed by atoms with Gasteiger partial charge >= 0.3 is 5.97 Å². The Kier molecular flexibility index (Phi) is 8.44. The van der Waals surface area contributed by atoms with E-state index in [1.54, 1.807) is 6.92 Å². The quantitative estimate of drug-likeness (QED) is 0.372. The molecule has 116 valence electrons. The van der Waals surface area contributed by atoms with Crippen LogP contribution in [0.1, 0.15) is 38.7 Å². The second kappa shape index (κ2) is 10.2. The fourth-order valence-corrected chi connectivity index (χ4v) is 2.00. The summed E-state index contributed by atoms with van der Waals surface area (Å²) in [6, 6.07) is 10.5. The lowest BCUT2D eigenvalue weighted by Crippen LogP contribution is -2.15. The molecule has 1 unspecified atom stereocenters. The highest BCUT2D eigenvalue weighted by Crippen LogP contribution is 2.09. The summed E-state index contributed by atoms with van der Waals surface area (Å²) in [4.78, 5) is 11.2. The number of aryl methyl sites for hydroxylation is 1. The van der Waals surface area contributed by atoms with E-state index >= 15 is 0 Å². The third-order valence-corrected chi connectivity index (χ3v) is 3.24. The fraction of sp³-hybridized carbons (Fsp3) is 0.500. The van der Waals surface area contributed by atoms with Gasteiger partial charge in [0.1, 0.15) is 6.61 Å². The minimum atomic E-state index is -0.353. The molecule has 0 amide bonds. The molecule has 0 bridgehead atoms. The lowest BCUT2D eigenvalue weighted by molar-refractivity contribution is -0.141. The number of rotatable bonds is 10. The van der Waals surface area contributed by atoms with E-state index in [1.807, 2.05) is 6.07 Å². The highest BCUT2D eigenvalue weighted by Gasteiger charge is 2.05.